The van der Waals surface area contributed by atoms with Gasteiger partial charge < -0.3 is 15.4 Å². The van der Waals surface area contributed by atoms with E-state index in [1.807, 2.05) is 31.2 Å². The lowest BCUT2D eigenvalue weighted by atomic mass is 10.2. The number of aromatic nitrogens is 2. The monoisotopic (exact) mass is 360 g/mol. The van der Waals surface area contributed by atoms with Gasteiger partial charge in [0, 0.05) is 30.4 Å². The van der Waals surface area contributed by atoms with E-state index in [4.69, 9.17) is 16.3 Å². The Morgan fingerprint density at radius 2 is 2.20 bits per heavy atom. The van der Waals surface area contributed by atoms with Crippen LogP contribution in [0.2, 0.25) is 5.02 Å². The first-order chi connectivity index (χ1) is 12.1. The second kappa shape index (κ2) is 8.27. The van der Waals surface area contributed by atoms with E-state index < -0.39 is 0 Å². The van der Waals surface area contributed by atoms with E-state index in [1.165, 1.54) is 0 Å². The van der Waals surface area contributed by atoms with Gasteiger partial charge in [0.1, 0.15) is 5.69 Å². The van der Waals surface area contributed by atoms with Gasteiger partial charge in [0.15, 0.2) is 0 Å². The average molecular weight is 361 g/mol. The van der Waals surface area contributed by atoms with Crippen molar-refractivity contribution < 1.29 is 9.53 Å². The zero-order chi connectivity index (χ0) is 17.6. The molecule has 1 aromatic carbocycles. The van der Waals surface area contributed by atoms with Crippen LogP contribution >= 0.6 is 11.6 Å². The summed E-state index contributed by atoms with van der Waals surface area (Å²) in [4.78, 5) is 21.0. The minimum Gasteiger partial charge on any atom is -0.376 e. The van der Waals surface area contributed by atoms with Crippen molar-refractivity contribution in [2.24, 2.45) is 0 Å². The van der Waals surface area contributed by atoms with Crippen LogP contribution in [0.4, 0.5) is 5.95 Å². The standard InChI is InChI=1S/C18H21ClN4O2/c1-12-9-16(17(24)20-11-14-6-4-8-25-14)23-18(22-12)21-10-13-5-2-3-7-15(13)19/h2-3,5,7,9,14H,4,6,8,10-11H2,1H3,(H,20,24)(H,21,22,23). The summed E-state index contributed by atoms with van der Waals surface area (Å²) in [7, 11) is 0. The number of nitrogens with zero attached hydrogens (tertiary/aromatic N) is 2. The number of carbonyl (C=O) groups is 1. The Morgan fingerprint density at radius 3 is 2.96 bits per heavy atom. The first-order valence-electron chi connectivity index (χ1n) is 8.34. The Bertz CT molecular complexity index is 748. The fourth-order valence-corrected chi connectivity index (χ4v) is 2.88. The van der Waals surface area contributed by atoms with Gasteiger partial charge in [-0.15, -0.1) is 0 Å². The molecule has 2 N–H and O–H groups in total. The van der Waals surface area contributed by atoms with Crippen LogP contribution in [-0.2, 0) is 11.3 Å². The van der Waals surface area contributed by atoms with Crippen molar-refractivity contribution in [3.63, 3.8) is 0 Å². The normalized spacial score (nSPS) is 16.6. The van der Waals surface area contributed by atoms with Gasteiger partial charge >= 0.3 is 0 Å². The van der Waals surface area contributed by atoms with E-state index >= 15 is 0 Å². The third-order valence-electron chi connectivity index (χ3n) is 4.00. The molecule has 3 rings (SSSR count). The maximum absolute atomic E-state index is 12.3. The number of nitrogens with one attached hydrogen (secondary N) is 2. The second-order valence-corrected chi connectivity index (χ2v) is 6.42. The molecule has 1 saturated heterocycles. The number of carbonyl (C=O) groups excluding carboxylic acids is 1. The molecular formula is C18H21ClN4O2. The molecule has 1 aromatic heterocycles. The minimum atomic E-state index is -0.221. The molecule has 0 radical (unpaired) electrons. The molecule has 25 heavy (non-hydrogen) atoms. The van der Waals surface area contributed by atoms with Gasteiger partial charge in [0.25, 0.3) is 5.91 Å². The van der Waals surface area contributed by atoms with Crippen molar-refractivity contribution in [2.75, 3.05) is 18.5 Å². The number of halogens is 1. The summed E-state index contributed by atoms with van der Waals surface area (Å²) in [6.07, 6.45) is 2.13. The lowest BCUT2D eigenvalue weighted by Gasteiger charge is -2.12. The molecule has 1 fully saturated rings. The summed E-state index contributed by atoms with van der Waals surface area (Å²) in [5.41, 5.74) is 2.00. The quantitative estimate of drug-likeness (QED) is 0.828. The van der Waals surface area contributed by atoms with Crippen molar-refractivity contribution in [2.45, 2.75) is 32.4 Å². The molecule has 1 aliphatic heterocycles. The van der Waals surface area contributed by atoms with E-state index in [0.717, 1.165) is 30.7 Å². The fourth-order valence-electron chi connectivity index (χ4n) is 2.68. The van der Waals surface area contributed by atoms with Crippen LogP contribution in [0.1, 0.15) is 34.6 Å². The molecule has 1 amide bonds. The minimum absolute atomic E-state index is 0.102. The van der Waals surface area contributed by atoms with Gasteiger partial charge in [-0.05, 0) is 37.5 Å². The third kappa shape index (κ3) is 4.90. The van der Waals surface area contributed by atoms with Crippen molar-refractivity contribution >= 4 is 23.5 Å². The molecule has 2 heterocycles. The molecule has 1 atom stereocenters. The summed E-state index contributed by atoms with van der Waals surface area (Å²) in [6, 6.07) is 9.24. The number of hydrogen-bond donors (Lipinski definition) is 2. The van der Waals surface area contributed by atoms with Crippen LogP contribution in [0.5, 0.6) is 0 Å². The Hall–Kier alpha value is -2.18. The highest BCUT2D eigenvalue weighted by Gasteiger charge is 2.17. The van der Waals surface area contributed by atoms with Gasteiger partial charge in [-0.1, -0.05) is 29.8 Å². The van der Waals surface area contributed by atoms with Gasteiger partial charge in [0.2, 0.25) is 5.95 Å². The number of aryl methyl sites for hydroxylation is 1. The topological polar surface area (TPSA) is 76.1 Å². The lowest BCUT2D eigenvalue weighted by Crippen LogP contribution is -2.32. The molecule has 0 bridgehead atoms. The second-order valence-electron chi connectivity index (χ2n) is 6.01. The molecule has 0 spiro atoms. The first kappa shape index (κ1) is 17.6. The van der Waals surface area contributed by atoms with Crippen LogP contribution in [0.3, 0.4) is 0 Å². The van der Waals surface area contributed by atoms with E-state index in [9.17, 15) is 4.79 Å². The van der Waals surface area contributed by atoms with Gasteiger partial charge in [-0.3, -0.25) is 4.79 Å². The van der Waals surface area contributed by atoms with E-state index in [0.29, 0.717) is 29.8 Å². The Labute approximate surface area is 152 Å². The van der Waals surface area contributed by atoms with Crippen LogP contribution in [0.25, 0.3) is 0 Å². The molecule has 7 heteroatoms. The third-order valence-corrected chi connectivity index (χ3v) is 4.36. The molecule has 0 saturated carbocycles. The summed E-state index contributed by atoms with van der Waals surface area (Å²) >= 11 is 6.15. The molecule has 132 valence electrons. The largest absolute Gasteiger partial charge is 0.376 e. The maximum atomic E-state index is 12.3. The summed E-state index contributed by atoms with van der Waals surface area (Å²) in [5, 5.41) is 6.68. The number of anilines is 1. The van der Waals surface area contributed by atoms with E-state index in [-0.39, 0.29) is 12.0 Å². The Balaban J connectivity index is 1.63. The smallest absolute Gasteiger partial charge is 0.270 e. The lowest BCUT2D eigenvalue weighted by molar-refractivity contribution is 0.0853. The zero-order valence-electron chi connectivity index (χ0n) is 14.1. The predicted octanol–water partition coefficient (Wildman–Crippen LogP) is 2.96. The molecule has 6 nitrogen and oxygen atoms in total. The van der Waals surface area contributed by atoms with Crippen LogP contribution < -0.4 is 10.6 Å². The summed E-state index contributed by atoms with van der Waals surface area (Å²) in [5.74, 6) is 0.184. The Morgan fingerprint density at radius 1 is 1.36 bits per heavy atom. The van der Waals surface area contributed by atoms with Gasteiger partial charge in [-0.2, -0.15) is 0 Å². The highest BCUT2D eigenvalue weighted by atomic mass is 35.5. The molecular weight excluding hydrogens is 340 g/mol. The SMILES string of the molecule is Cc1cc(C(=O)NCC2CCCO2)nc(NCc2ccccc2Cl)n1. The zero-order valence-corrected chi connectivity index (χ0v) is 14.8. The summed E-state index contributed by atoms with van der Waals surface area (Å²) in [6.45, 7) is 3.59. The number of hydrogen-bond acceptors (Lipinski definition) is 5. The van der Waals surface area contributed by atoms with Crippen LogP contribution in [0.15, 0.2) is 30.3 Å². The van der Waals surface area contributed by atoms with Crippen molar-refractivity contribution in [3.05, 3.63) is 52.3 Å². The molecule has 1 aliphatic rings. The number of benzene rings is 1. The van der Waals surface area contributed by atoms with E-state index in [1.54, 1.807) is 6.07 Å². The molecule has 2 aromatic rings. The number of amides is 1. The van der Waals surface area contributed by atoms with Gasteiger partial charge in [-0.25, -0.2) is 9.97 Å². The molecule has 0 aliphatic carbocycles. The van der Waals surface area contributed by atoms with Crippen molar-refractivity contribution in [1.82, 2.24) is 15.3 Å². The van der Waals surface area contributed by atoms with Crippen molar-refractivity contribution in [1.29, 1.82) is 0 Å². The fraction of sp³-hybridized carbons (Fsp3) is 0.389. The number of rotatable bonds is 6. The average Bonchev–Trinajstić information content (AvgIpc) is 3.12. The van der Waals surface area contributed by atoms with Crippen molar-refractivity contribution in [3.8, 4) is 0 Å². The Kier molecular flexibility index (Phi) is 5.83. The summed E-state index contributed by atoms with van der Waals surface area (Å²) < 4.78 is 5.51. The van der Waals surface area contributed by atoms with E-state index in [2.05, 4.69) is 20.6 Å². The highest BCUT2D eigenvalue weighted by Crippen LogP contribution is 2.16. The maximum Gasteiger partial charge on any atom is 0.270 e. The molecule has 1 unspecified atom stereocenters. The van der Waals surface area contributed by atoms with Gasteiger partial charge in [0.05, 0.1) is 6.10 Å². The van der Waals surface area contributed by atoms with Crippen LogP contribution in [0, 0.1) is 6.92 Å². The predicted molar refractivity (Wildman–Crippen MR) is 96.9 cm³/mol. The van der Waals surface area contributed by atoms with Crippen LogP contribution in [-0.4, -0.2) is 35.1 Å². The highest BCUT2D eigenvalue weighted by molar-refractivity contribution is 6.31. The number of ether oxygens (including phenoxy) is 1. The first-order valence-corrected chi connectivity index (χ1v) is 8.72.